The fourth-order valence-corrected chi connectivity index (χ4v) is 1.58. The quantitative estimate of drug-likeness (QED) is 0.585. The summed E-state index contributed by atoms with van der Waals surface area (Å²) in [6, 6.07) is 5.88. The number of rotatable bonds is 5. The minimum Gasteiger partial charge on any atom is -0.393 e. The van der Waals surface area contributed by atoms with E-state index in [-0.39, 0.29) is 0 Å². The second-order valence-electron chi connectivity index (χ2n) is 3.71. The van der Waals surface area contributed by atoms with E-state index in [1.54, 1.807) is 13.2 Å². The van der Waals surface area contributed by atoms with Crippen molar-refractivity contribution < 1.29 is 0 Å². The Labute approximate surface area is 102 Å². The molecule has 0 bridgehead atoms. The van der Waals surface area contributed by atoms with Crippen LogP contribution in [-0.2, 0) is 0 Å². The molecule has 0 unspecified atom stereocenters. The van der Waals surface area contributed by atoms with Crippen molar-refractivity contribution >= 4 is 17.6 Å². The van der Waals surface area contributed by atoms with Gasteiger partial charge in [0.25, 0.3) is 0 Å². The zero-order valence-electron chi connectivity index (χ0n) is 10.4. The summed E-state index contributed by atoms with van der Waals surface area (Å²) < 4.78 is 0. The molecule has 0 saturated carbocycles. The highest BCUT2D eigenvalue weighted by Gasteiger charge is 2.10. The summed E-state index contributed by atoms with van der Waals surface area (Å²) in [4.78, 5) is 0. The van der Waals surface area contributed by atoms with Gasteiger partial charge in [-0.2, -0.15) is 0 Å². The van der Waals surface area contributed by atoms with Crippen LogP contribution in [0.15, 0.2) is 30.0 Å². The van der Waals surface area contributed by atoms with Gasteiger partial charge in [0, 0.05) is 43.3 Å². The molecule has 4 N–H and O–H groups in total. The zero-order chi connectivity index (χ0) is 12.8. The van der Waals surface area contributed by atoms with Gasteiger partial charge in [0.2, 0.25) is 0 Å². The maximum Gasteiger partial charge on any atom is 0.0735 e. The van der Waals surface area contributed by atoms with E-state index in [0.29, 0.717) is 11.3 Å². The second-order valence-corrected chi connectivity index (χ2v) is 3.71. The summed E-state index contributed by atoms with van der Waals surface area (Å²) in [5.74, 6) is 0. The molecule has 0 aliphatic heterocycles. The largest absolute Gasteiger partial charge is 0.393 e. The predicted molar refractivity (Wildman–Crippen MR) is 73.5 cm³/mol. The van der Waals surface area contributed by atoms with E-state index < -0.39 is 0 Å². The third kappa shape index (κ3) is 2.93. The first-order valence-electron chi connectivity index (χ1n) is 5.39. The summed E-state index contributed by atoms with van der Waals surface area (Å²) in [6.45, 7) is 1.99. The molecule has 0 spiro atoms. The van der Waals surface area contributed by atoms with Crippen molar-refractivity contribution in [2.45, 2.75) is 6.92 Å². The fraction of sp³-hybridized carbons (Fsp3) is 0.231. The summed E-state index contributed by atoms with van der Waals surface area (Å²) in [5, 5.41) is 21.4. The Morgan fingerprint density at radius 1 is 1.29 bits per heavy atom. The van der Waals surface area contributed by atoms with E-state index >= 15 is 0 Å². The minimum atomic E-state index is 0.336. The number of nitrogens with one attached hydrogen (secondary N) is 4. The summed E-state index contributed by atoms with van der Waals surface area (Å²) in [5.41, 5.74) is 3.68. The number of hydrogen-bond donors (Lipinski definition) is 4. The van der Waals surface area contributed by atoms with Gasteiger partial charge in [-0.25, -0.2) is 0 Å². The highest BCUT2D eigenvalue weighted by molar-refractivity contribution is 6.24. The molecule has 0 atom stereocenters. The van der Waals surface area contributed by atoms with Gasteiger partial charge in [-0.15, -0.1) is 0 Å². The third-order valence-electron chi connectivity index (χ3n) is 2.46. The van der Waals surface area contributed by atoms with Gasteiger partial charge in [-0.1, -0.05) is 11.6 Å². The van der Waals surface area contributed by atoms with Crippen LogP contribution in [0.1, 0.15) is 11.1 Å². The lowest BCUT2D eigenvalue weighted by Gasteiger charge is -2.11. The van der Waals surface area contributed by atoms with Crippen LogP contribution < -0.4 is 10.6 Å². The highest BCUT2D eigenvalue weighted by Crippen LogP contribution is 2.19. The van der Waals surface area contributed by atoms with Crippen molar-refractivity contribution in [2.75, 3.05) is 19.4 Å². The Kier molecular flexibility index (Phi) is 4.46. The highest BCUT2D eigenvalue weighted by atomic mass is 14.8. The molecule has 90 valence electrons. The van der Waals surface area contributed by atoms with E-state index in [9.17, 15) is 0 Å². The fourth-order valence-electron chi connectivity index (χ4n) is 1.58. The van der Waals surface area contributed by atoms with E-state index in [1.807, 2.05) is 32.2 Å². The molecule has 4 nitrogen and oxygen atoms in total. The van der Waals surface area contributed by atoms with Gasteiger partial charge >= 0.3 is 0 Å². The van der Waals surface area contributed by atoms with E-state index in [2.05, 4.69) is 10.6 Å². The Hall–Kier alpha value is -2.10. The molecule has 0 fully saturated rings. The van der Waals surface area contributed by atoms with E-state index in [0.717, 1.165) is 16.8 Å². The predicted octanol–water partition coefficient (Wildman–Crippen LogP) is 2.16. The Bertz CT molecular complexity index is 460. The maximum atomic E-state index is 8.13. The van der Waals surface area contributed by atoms with Crippen LogP contribution in [0.3, 0.4) is 0 Å². The van der Waals surface area contributed by atoms with Crippen molar-refractivity contribution in [2.24, 2.45) is 0 Å². The van der Waals surface area contributed by atoms with Crippen molar-refractivity contribution in [3.8, 4) is 0 Å². The smallest absolute Gasteiger partial charge is 0.0735 e. The van der Waals surface area contributed by atoms with Gasteiger partial charge in [0.1, 0.15) is 0 Å². The molecule has 17 heavy (non-hydrogen) atoms. The van der Waals surface area contributed by atoms with E-state index in [4.69, 9.17) is 10.8 Å². The SMILES string of the molecule is CN/C=C(\C=N)C(=N)c1cc(C)ccc1NC. The average molecular weight is 230 g/mol. The standard InChI is InChI=1S/C13H18N4/c1-9-4-5-12(17-3)11(6-9)13(15)10(7-14)8-16-2/h4-8,14-17H,1-3H3/b10-8+,14-7?,15-13?. The van der Waals surface area contributed by atoms with Gasteiger partial charge in [-0.05, 0) is 19.1 Å². The van der Waals surface area contributed by atoms with Crippen LogP contribution in [0.5, 0.6) is 0 Å². The molecule has 0 aliphatic carbocycles. The van der Waals surface area contributed by atoms with Crippen molar-refractivity contribution in [1.82, 2.24) is 5.32 Å². The second kappa shape index (κ2) is 5.84. The molecule has 1 rings (SSSR count). The molecule has 0 aliphatic rings. The molecule has 4 heteroatoms. The topological polar surface area (TPSA) is 71.8 Å². The number of aryl methyl sites for hydroxylation is 1. The van der Waals surface area contributed by atoms with Crippen LogP contribution in [0.4, 0.5) is 5.69 Å². The van der Waals surface area contributed by atoms with Gasteiger partial charge < -0.3 is 16.0 Å². The normalized spacial score (nSPS) is 10.9. The molecule has 1 aromatic rings. The van der Waals surface area contributed by atoms with Crippen LogP contribution in [-0.4, -0.2) is 26.0 Å². The molecular formula is C13H18N4. The lowest BCUT2D eigenvalue weighted by Crippen LogP contribution is -2.11. The van der Waals surface area contributed by atoms with Crippen LogP contribution in [0, 0.1) is 17.7 Å². The summed E-state index contributed by atoms with van der Waals surface area (Å²) in [7, 11) is 3.58. The molecule has 0 amide bonds. The summed E-state index contributed by atoms with van der Waals surface area (Å²) in [6.07, 6.45) is 2.83. The van der Waals surface area contributed by atoms with Crippen molar-refractivity contribution in [3.05, 3.63) is 41.1 Å². The van der Waals surface area contributed by atoms with Gasteiger partial charge in [-0.3, -0.25) is 5.41 Å². The lowest BCUT2D eigenvalue weighted by atomic mass is 10.00. The molecular weight excluding hydrogens is 212 g/mol. The Morgan fingerprint density at radius 2 is 2.00 bits per heavy atom. The first kappa shape index (κ1) is 13.0. The molecule has 0 aromatic heterocycles. The number of hydrogen-bond acceptors (Lipinski definition) is 4. The van der Waals surface area contributed by atoms with Gasteiger partial charge in [0.15, 0.2) is 0 Å². The lowest BCUT2D eigenvalue weighted by molar-refractivity contribution is 1.10. The Morgan fingerprint density at radius 3 is 2.53 bits per heavy atom. The number of benzene rings is 1. The molecule has 0 saturated heterocycles. The van der Waals surface area contributed by atoms with Gasteiger partial charge in [0.05, 0.1) is 5.71 Å². The number of anilines is 1. The zero-order valence-corrected chi connectivity index (χ0v) is 10.4. The molecule has 0 heterocycles. The van der Waals surface area contributed by atoms with Crippen LogP contribution >= 0.6 is 0 Å². The first-order chi connectivity index (χ1) is 8.13. The molecule has 0 radical (unpaired) electrons. The first-order valence-corrected chi connectivity index (χ1v) is 5.39. The average Bonchev–Trinajstić information content (AvgIpc) is 2.35. The van der Waals surface area contributed by atoms with Crippen LogP contribution in [0.2, 0.25) is 0 Å². The van der Waals surface area contributed by atoms with E-state index in [1.165, 1.54) is 6.21 Å². The third-order valence-corrected chi connectivity index (χ3v) is 2.46. The maximum absolute atomic E-state index is 8.13. The molecule has 1 aromatic carbocycles. The Balaban J connectivity index is 3.23. The van der Waals surface area contributed by atoms with Crippen molar-refractivity contribution in [1.29, 1.82) is 10.8 Å². The number of allylic oxidation sites excluding steroid dienone is 1. The summed E-state index contributed by atoms with van der Waals surface area (Å²) >= 11 is 0. The monoisotopic (exact) mass is 230 g/mol. The minimum absolute atomic E-state index is 0.336. The van der Waals surface area contributed by atoms with Crippen molar-refractivity contribution in [3.63, 3.8) is 0 Å². The van der Waals surface area contributed by atoms with Crippen LogP contribution in [0.25, 0.3) is 0 Å².